The fraction of sp³-hybridized carbons (Fsp3) is 0.500. The van der Waals surface area contributed by atoms with Crippen LogP contribution in [0.3, 0.4) is 0 Å². The number of aliphatic hydroxyl groups excluding tert-OH is 1. The first-order valence-corrected chi connectivity index (χ1v) is 12.4. The maximum Gasteiger partial charge on any atom is 0.0890 e. The van der Waals surface area contributed by atoms with Crippen molar-refractivity contribution >= 4 is 10.8 Å². The second-order valence-corrected chi connectivity index (χ2v) is 10.9. The third kappa shape index (κ3) is 4.17. The number of rotatable bonds is 5. The molecule has 2 heterocycles. The van der Waals surface area contributed by atoms with Gasteiger partial charge in [-0.15, -0.1) is 10.8 Å². The minimum absolute atomic E-state index is 0.105. The highest BCUT2D eigenvalue weighted by Crippen LogP contribution is 2.62. The highest BCUT2D eigenvalue weighted by molar-refractivity contribution is 8.22. The molecule has 2 saturated heterocycles. The minimum atomic E-state index is -2.94. The van der Waals surface area contributed by atoms with Crippen LogP contribution in [0.4, 0.5) is 0 Å². The smallest absolute Gasteiger partial charge is 0.0890 e. The molecule has 0 saturated carbocycles. The summed E-state index contributed by atoms with van der Waals surface area (Å²) in [5.41, 5.74) is 2.96. The summed E-state index contributed by atoms with van der Waals surface area (Å²) in [6.07, 6.45) is 3.36. The Morgan fingerprint density at radius 1 is 1.00 bits per heavy atom. The predicted octanol–water partition coefficient (Wildman–Crippen LogP) is 5.12. The lowest BCUT2D eigenvalue weighted by Crippen LogP contribution is -2.41. The number of nitrogens with zero attached hydrogens (tertiary/aromatic N) is 1. The molecular weight excluding hydrogens is 398 g/mol. The molecule has 164 valence electrons. The molecule has 0 amide bonds. The zero-order chi connectivity index (χ0) is 21.2. The van der Waals surface area contributed by atoms with Gasteiger partial charge in [-0.3, -0.25) is 9.11 Å². The lowest BCUT2D eigenvalue weighted by atomic mass is 9.75. The second kappa shape index (κ2) is 8.99. The molecule has 0 unspecified atom stereocenters. The summed E-state index contributed by atoms with van der Waals surface area (Å²) in [6, 6.07) is 18.3. The van der Waals surface area contributed by atoms with Crippen LogP contribution in [0.1, 0.15) is 54.5 Å². The predicted molar refractivity (Wildman–Crippen MR) is 122 cm³/mol. The molecule has 6 heteroatoms. The highest BCUT2D eigenvalue weighted by Gasteiger charge is 2.40. The van der Waals surface area contributed by atoms with Crippen LogP contribution >= 0.6 is 10.8 Å². The van der Waals surface area contributed by atoms with Gasteiger partial charge in [-0.25, -0.2) is 0 Å². The van der Waals surface area contributed by atoms with Crippen molar-refractivity contribution in [2.75, 3.05) is 19.8 Å². The number of hydrogen-bond donors (Lipinski definition) is 3. The van der Waals surface area contributed by atoms with Gasteiger partial charge in [0.2, 0.25) is 0 Å². The quantitative estimate of drug-likeness (QED) is 0.613. The normalized spacial score (nSPS) is 27.5. The van der Waals surface area contributed by atoms with Gasteiger partial charge in [0.1, 0.15) is 0 Å². The first-order chi connectivity index (χ1) is 14.5. The van der Waals surface area contributed by atoms with Gasteiger partial charge in [-0.2, -0.15) is 4.31 Å². The fourth-order valence-corrected chi connectivity index (χ4v) is 7.11. The van der Waals surface area contributed by atoms with Crippen LogP contribution in [0, 0.1) is 0 Å². The Kier molecular flexibility index (Phi) is 6.53. The third-order valence-electron chi connectivity index (χ3n) is 6.89. The van der Waals surface area contributed by atoms with Gasteiger partial charge in [0, 0.05) is 31.2 Å². The molecule has 0 aromatic heterocycles. The van der Waals surface area contributed by atoms with E-state index >= 15 is 0 Å². The summed E-state index contributed by atoms with van der Waals surface area (Å²) in [7, 11) is -2.94. The average Bonchev–Trinajstić information content (AvgIpc) is 2.78. The highest BCUT2D eigenvalue weighted by atomic mass is 32.3. The molecule has 2 atom stereocenters. The Morgan fingerprint density at radius 2 is 1.67 bits per heavy atom. The lowest BCUT2D eigenvalue weighted by Gasteiger charge is -2.54. The zero-order valence-electron chi connectivity index (χ0n) is 17.6. The molecule has 4 rings (SSSR count). The van der Waals surface area contributed by atoms with Crippen molar-refractivity contribution in [2.24, 2.45) is 0 Å². The maximum atomic E-state index is 11.2. The van der Waals surface area contributed by atoms with E-state index in [1.807, 2.05) is 34.6 Å². The van der Waals surface area contributed by atoms with E-state index < -0.39 is 10.8 Å². The molecule has 30 heavy (non-hydrogen) atoms. The van der Waals surface area contributed by atoms with E-state index in [0.717, 1.165) is 42.4 Å². The van der Waals surface area contributed by atoms with Crippen molar-refractivity contribution in [1.82, 2.24) is 4.31 Å². The Labute approximate surface area is 181 Å². The molecule has 2 aliphatic heterocycles. The molecular formula is C24H33NO4S. The van der Waals surface area contributed by atoms with Crippen molar-refractivity contribution in [3.05, 3.63) is 71.3 Å². The maximum absolute atomic E-state index is 11.2. The van der Waals surface area contributed by atoms with E-state index in [0.29, 0.717) is 19.8 Å². The van der Waals surface area contributed by atoms with Gasteiger partial charge >= 0.3 is 0 Å². The summed E-state index contributed by atoms with van der Waals surface area (Å²) in [5, 5.41) is 9.78. The molecule has 2 fully saturated rings. The van der Waals surface area contributed by atoms with Crippen LogP contribution in [0.5, 0.6) is 0 Å². The van der Waals surface area contributed by atoms with Crippen LogP contribution < -0.4 is 0 Å². The molecule has 2 aromatic carbocycles. The van der Waals surface area contributed by atoms with Crippen LogP contribution in [0.2, 0.25) is 0 Å². The molecule has 0 spiro atoms. The summed E-state index contributed by atoms with van der Waals surface area (Å²) >= 11 is 0. The summed E-state index contributed by atoms with van der Waals surface area (Å²) in [5.74, 6) is 0. The first kappa shape index (κ1) is 21.8. The lowest BCUT2D eigenvalue weighted by molar-refractivity contribution is 0.0253. The van der Waals surface area contributed by atoms with Gasteiger partial charge in [-0.05, 0) is 49.3 Å². The van der Waals surface area contributed by atoms with Gasteiger partial charge < -0.3 is 9.84 Å². The molecule has 0 aliphatic carbocycles. The number of aliphatic hydroxyl groups is 1. The van der Waals surface area contributed by atoms with E-state index in [-0.39, 0.29) is 23.3 Å². The largest absolute Gasteiger partial charge is 0.395 e. The first-order valence-electron chi connectivity index (χ1n) is 10.8. The van der Waals surface area contributed by atoms with Crippen molar-refractivity contribution in [3.63, 3.8) is 0 Å². The van der Waals surface area contributed by atoms with Crippen molar-refractivity contribution < 1.29 is 18.9 Å². The van der Waals surface area contributed by atoms with Crippen LogP contribution in [0.15, 0.2) is 54.6 Å². The summed E-state index contributed by atoms with van der Waals surface area (Å²) < 4.78 is 29.8. The summed E-state index contributed by atoms with van der Waals surface area (Å²) in [6.45, 7) is 4.05. The van der Waals surface area contributed by atoms with Gasteiger partial charge in [0.15, 0.2) is 0 Å². The van der Waals surface area contributed by atoms with Crippen LogP contribution in [-0.4, -0.2) is 44.4 Å². The Bertz CT molecular complexity index is 821. The molecule has 2 aliphatic rings. The van der Waals surface area contributed by atoms with Gasteiger partial charge in [-0.1, -0.05) is 54.6 Å². The molecule has 3 N–H and O–H groups in total. The minimum Gasteiger partial charge on any atom is -0.395 e. The zero-order valence-corrected chi connectivity index (χ0v) is 18.4. The molecule has 0 radical (unpaired) electrons. The SMILES string of the molecule is C[C@H]1CC[C@H](c2ccccc2)S(O)(O)N1Cc1ccc(C2(CO)CCOCC2)cc1. The molecule has 5 nitrogen and oxygen atoms in total. The second-order valence-electron chi connectivity index (χ2n) is 8.71. The van der Waals surface area contributed by atoms with E-state index in [1.54, 1.807) is 0 Å². The fourth-order valence-electron chi connectivity index (χ4n) is 4.83. The van der Waals surface area contributed by atoms with E-state index in [1.165, 1.54) is 0 Å². The molecule has 2 aromatic rings. The Morgan fingerprint density at radius 3 is 2.30 bits per heavy atom. The van der Waals surface area contributed by atoms with Gasteiger partial charge in [0.05, 0.1) is 11.9 Å². The monoisotopic (exact) mass is 431 g/mol. The number of hydrogen-bond acceptors (Lipinski definition) is 5. The van der Waals surface area contributed by atoms with E-state index in [4.69, 9.17) is 4.74 Å². The average molecular weight is 432 g/mol. The van der Waals surface area contributed by atoms with Crippen molar-refractivity contribution in [2.45, 2.75) is 55.9 Å². The topological polar surface area (TPSA) is 73.2 Å². The van der Waals surface area contributed by atoms with E-state index in [2.05, 4.69) is 31.2 Å². The Hall–Kier alpha value is -1.41. The summed E-state index contributed by atoms with van der Waals surface area (Å²) in [4.78, 5) is 0. The number of ether oxygens (including phenoxy) is 1. The standard InChI is InChI=1S/C24H33NO4S/c1-19-7-12-23(21-5-3-2-4-6-21)30(27,28)25(19)17-20-8-10-22(11-9-20)24(18-26)13-15-29-16-14-24/h2-6,8-11,19,23,26-28H,7,12-18H2,1H3/t19-,23+/m0/s1. The van der Waals surface area contributed by atoms with Crippen molar-refractivity contribution in [3.8, 4) is 0 Å². The van der Waals surface area contributed by atoms with Crippen LogP contribution in [-0.2, 0) is 16.7 Å². The molecule has 0 bridgehead atoms. The third-order valence-corrected chi connectivity index (χ3v) is 9.34. The number of benzene rings is 2. The van der Waals surface area contributed by atoms with Crippen LogP contribution in [0.25, 0.3) is 0 Å². The van der Waals surface area contributed by atoms with E-state index in [9.17, 15) is 14.2 Å². The van der Waals surface area contributed by atoms with Gasteiger partial charge in [0.25, 0.3) is 0 Å². The Balaban J connectivity index is 1.53. The van der Waals surface area contributed by atoms with Crippen molar-refractivity contribution in [1.29, 1.82) is 0 Å².